The van der Waals surface area contributed by atoms with Gasteiger partial charge in [-0.1, -0.05) is 18.3 Å². The Bertz CT molecular complexity index is 737. The zero-order valence-corrected chi connectivity index (χ0v) is 13.5. The number of rotatable bonds is 3. The van der Waals surface area contributed by atoms with Crippen molar-refractivity contribution in [1.82, 2.24) is 0 Å². The van der Waals surface area contributed by atoms with E-state index in [4.69, 9.17) is 18.0 Å². The highest BCUT2D eigenvalue weighted by Crippen LogP contribution is 2.21. The maximum atomic E-state index is 13.7. The highest BCUT2D eigenvalue weighted by atomic mass is 127. The van der Waals surface area contributed by atoms with E-state index < -0.39 is 17.5 Å². The monoisotopic (exact) mass is 418 g/mol. The Kier molecular flexibility index (Phi) is 4.84. The van der Waals surface area contributed by atoms with Crippen molar-refractivity contribution in [3.05, 3.63) is 62.7 Å². The van der Waals surface area contributed by atoms with Crippen LogP contribution in [0.4, 0.5) is 14.5 Å². The van der Waals surface area contributed by atoms with Crippen molar-refractivity contribution < 1.29 is 13.6 Å². The number of halogens is 3. The fourth-order valence-corrected chi connectivity index (χ4v) is 2.67. The first-order valence-corrected chi connectivity index (χ1v) is 7.23. The number of carbonyl (C=O) groups excluding carboxylic acids is 1. The van der Waals surface area contributed by atoms with E-state index >= 15 is 0 Å². The number of anilines is 1. The molecular weight excluding hydrogens is 409 g/mol. The molecule has 2 aromatic carbocycles. The van der Waals surface area contributed by atoms with Gasteiger partial charge in [-0.15, -0.1) is 0 Å². The molecule has 0 bridgehead atoms. The number of nitrogens with one attached hydrogen (secondary N) is 1. The van der Waals surface area contributed by atoms with E-state index in [1.54, 1.807) is 0 Å². The van der Waals surface area contributed by atoms with Crippen LogP contribution < -0.4 is 11.1 Å². The number of thiocarbonyl (C=S) groups is 1. The Morgan fingerprint density at radius 1 is 1.24 bits per heavy atom. The molecular formula is C14H9F2IN2OS. The lowest BCUT2D eigenvalue weighted by Gasteiger charge is -2.11. The second-order valence-corrected chi connectivity index (χ2v) is 5.71. The van der Waals surface area contributed by atoms with Crippen molar-refractivity contribution in [2.75, 3.05) is 5.32 Å². The summed E-state index contributed by atoms with van der Waals surface area (Å²) in [7, 11) is 0. The Balaban J connectivity index is 2.36. The Hall–Kier alpha value is -1.61. The van der Waals surface area contributed by atoms with E-state index in [0.717, 1.165) is 0 Å². The highest BCUT2D eigenvalue weighted by molar-refractivity contribution is 14.1. The van der Waals surface area contributed by atoms with E-state index in [-0.39, 0.29) is 21.8 Å². The van der Waals surface area contributed by atoms with Gasteiger partial charge in [-0.25, -0.2) is 8.78 Å². The van der Waals surface area contributed by atoms with Gasteiger partial charge in [-0.2, -0.15) is 0 Å². The number of benzene rings is 2. The lowest BCUT2D eigenvalue weighted by Crippen LogP contribution is -2.19. The van der Waals surface area contributed by atoms with Crippen LogP contribution in [0, 0.1) is 15.2 Å². The average Bonchev–Trinajstić information content (AvgIpc) is 2.37. The van der Waals surface area contributed by atoms with Gasteiger partial charge >= 0.3 is 0 Å². The molecule has 0 aliphatic carbocycles. The van der Waals surface area contributed by atoms with Crippen LogP contribution in [0.5, 0.6) is 0 Å². The highest BCUT2D eigenvalue weighted by Gasteiger charge is 2.16. The van der Waals surface area contributed by atoms with Crippen molar-refractivity contribution in [2.45, 2.75) is 0 Å². The van der Waals surface area contributed by atoms with Gasteiger partial charge in [0.25, 0.3) is 5.91 Å². The third kappa shape index (κ3) is 3.53. The summed E-state index contributed by atoms with van der Waals surface area (Å²) in [5.74, 6) is -1.55. The number of carbonyl (C=O) groups is 1. The van der Waals surface area contributed by atoms with Gasteiger partial charge in [0.05, 0.1) is 16.8 Å². The topological polar surface area (TPSA) is 55.1 Å². The minimum absolute atomic E-state index is 0.0297. The molecule has 0 aromatic heterocycles. The van der Waals surface area contributed by atoms with Gasteiger partial charge in [0, 0.05) is 3.57 Å². The van der Waals surface area contributed by atoms with Crippen LogP contribution in [0.25, 0.3) is 0 Å². The van der Waals surface area contributed by atoms with E-state index in [2.05, 4.69) is 5.32 Å². The molecule has 3 nitrogen and oxygen atoms in total. The van der Waals surface area contributed by atoms with E-state index in [1.807, 2.05) is 22.6 Å². The SMILES string of the molecule is NC(=S)c1c(F)cccc1NC(=O)c1ccc(F)cc1I. The van der Waals surface area contributed by atoms with Crippen molar-refractivity contribution in [3.8, 4) is 0 Å². The second-order valence-electron chi connectivity index (χ2n) is 4.10. The first kappa shape index (κ1) is 15.8. The van der Waals surface area contributed by atoms with Crippen molar-refractivity contribution in [1.29, 1.82) is 0 Å². The molecule has 0 spiro atoms. The predicted molar refractivity (Wildman–Crippen MR) is 89.4 cm³/mol. The molecule has 2 aromatic rings. The van der Waals surface area contributed by atoms with Crippen LogP contribution in [0.15, 0.2) is 36.4 Å². The van der Waals surface area contributed by atoms with Gasteiger partial charge in [0.1, 0.15) is 16.6 Å². The molecule has 3 N–H and O–H groups in total. The van der Waals surface area contributed by atoms with Gasteiger partial charge in [-0.05, 0) is 52.9 Å². The van der Waals surface area contributed by atoms with Gasteiger partial charge in [-0.3, -0.25) is 4.79 Å². The first-order chi connectivity index (χ1) is 9.90. The van der Waals surface area contributed by atoms with E-state index in [9.17, 15) is 13.6 Å². The average molecular weight is 418 g/mol. The van der Waals surface area contributed by atoms with Crippen LogP contribution in [0.3, 0.4) is 0 Å². The first-order valence-electron chi connectivity index (χ1n) is 5.75. The van der Waals surface area contributed by atoms with Crippen LogP contribution >= 0.6 is 34.8 Å². The number of nitrogens with two attached hydrogens (primary N) is 1. The third-order valence-electron chi connectivity index (χ3n) is 2.68. The lowest BCUT2D eigenvalue weighted by atomic mass is 10.1. The molecule has 0 saturated heterocycles. The predicted octanol–water partition coefficient (Wildman–Crippen LogP) is 3.46. The fourth-order valence-electron chi connectivity index (χ4n) is 1.74. The Labute approximate surface area is 138 Å². The quantitative estimate of drug-likeness (QED) is 0.593. The standard InChI is InChI=1S/C14H9F2IN2OS/c15-7-4-5-8(10(17)6-7)14(20)19-11-3-1-2-9(16)12(11)13(18)21/h1-6H,(H2,18,21)(H,19,20). The minimum atomic E-state index is -0.617. The minimum Gasteiger partial charge on any atom is -0.389 e. The number of hydrogen-bond acceptors (Lipinski definition) is 2. The Morgan fingerprint density at radius 2 is 1.95 bits per heavy atom. The van der Waals surface area contributed by atoms with Gasteiger partial charge in [0.15, 0.2) is 0 Å². The molecule has 0 heterocycles. The third-order valence-corrected chi connectivity index (χ3v) is 3.78. The molecule has 0 fully saturated rings. The van der Waals surface area contributed by atoms with Crippen LogP contribution in [-0.4, -0.2) is 10.9 Å². The summed E-state index contributed by atoms with van der Waals surface area (Å²) in [4.78, 5) is 12.0. The molecule has 7 heteroatoms. The molecule has 108 valence electrons. The molecule has 2 rings (SSSR count). The van der Waals surface area contributed by atoms with Crippen molar-refractivity contribution in [3.63, 3.8) is 0 Å². The zero-order valence-electron chi connectivity index (χ0n) is 10.5. The van der Waals surface area contributed by atoms with Crippen LogP contribution in [0.1, 0.15) is 15.9 Å². The smallest absolute Gasteiger partial charge is 0.256 e. The molecule has 0 radical (unpaired) electrons. The van der Waals surface area contributed by atoms with Gasteiger partial charge < -0.3 is 11.1 Å². The molecule has 1 amide bonds. The number of hydrogen-bond donors (Lipinski definition) is 2. The van der Waals surface area contributed by atoms with Gasteiger partial charge in [0.2, 0.25) is 0 Å². The van der Waals surface area contributed by atoms with E-state index in [0.29, 0.717) is 3.57 Å². The van der Waals surface area contributed by atoms with E-state index in [1.165, 1.54) is 36.4 Å². The molecule has 21 heavy (non-hydrogen) atoms. The molecule has 0 aliphatic heterocycles. The number of amides is 1. The van der Waals surface area contributed by atoms with Crippen LogP contribution in [-0.2, 0) is 0 Å². The molecule has 0 saturated carbocycles. The summed E-state index contributed by atoms with van der Waals surface area (Å²) in [6.45, 7) is 0. The molecule has 0 unspecified atom stereocenters. The Morgan fingerprint density at radius 3 is 2.57 bits per heavy atom. The summed E-state index contributed by atoms with van der Waals surface area (Å²) in [6.07, 6.45) is 0. The second kappa shape index (κ2) is 6.44. The lowest BCUT2D eigenvalue weighted by molar-refractivity contribution is 0.102. The maximum Gasteiger partial charge on any atom is 0.256 e. The van der Waals surface area contributed by atoms with Crippen LogP contribution in [0.2, 0.25) is 0 Å². The summed E-state index contributed by atoms with van der Waals surface area (Å²) in [5, 5.41) is 2.54. The fraction of sp³-hybridized carbons (Fsp3) is 0. The largest absolute Gasteiger partial charge is 0.389 e. The normalized spacial score (nSPS) is 10.2. The maximum absolute atomic E-state index is 13.7. The summed E-state index contributed by atoms with van der Waals surface area (Å²) >= 11 is 6.63. The summed E-state index contributed by atoms with van der Waals surface area (Å²) in [5.41, 5.74) is 5.89. The molecule has 0 atom stereocenters. The summed E-state index contributed by atoms with van der Waals surface area (Å²) in [6, 6.07) is 7.89. The molecule has 0 aliphatic rings. The zero-order chi connectivity index (χ0) is 15.6. The summed E-state index contributed by atoms with van der Waals surface area (Å²) < 4.78 is 27.2. The van der Waals surface area contributed by atoms with Crippen molar-refractivity contribution >= 4 is 51.4 Å². The van der Waals surface area contributed by atoms with Crippen molar-refractivity contribution in [2.24, 2.45) is 5.73 Å².